The van der Waals surface area contributed by atoms with Gasteiger partial charge in [-0.1, -0.05) is 84.9 Å². The second-order valence-corrected chi connectivity index (χ2v) is 18.0. The number of carbonyl (C=O) groups excluding carboxylic acids is 7. The lowest BCUT2D eigenvalue weighted by Crippen LogP contribution is -2.52. The Hall–Kier alpha value is -6.09. The standard InChI is InChI=1S/C26H29N3O3.C18H21N3O3.C8H7FO.ClH/c1-17(18-5-3-2-4-6-18)28-13-11-19(12-14-28)20-7-8-22-21(15-20)16-29(26(22)32)23-9-10-24(30)27-25(23)31;22-16-4-3-15(17(23)20-16)21-10-13-9-12(1-2-14(13)18(21)24)11-5-7-19-8-6-11;9-6-8(10)7-4-2-1-3-5-7;/h2-8,15,17,19,23H,9-14,16H2,1H3,(H,27,30,31);1-2,9,11,15,19H,3-8,10H2,(H,20,22,23);1-5H,6H2;1H. The lowest BCUT2D eigenvalue weighted by molar-refractivity contribution is -0.138. The Balaban J connectivity index is 0.000000167. The van der Waals surface area contributed by atoms with E-state index >= 15 is 0 Å². The molecule has 3 unspecified atom stereocenters. The van der Waals surface area contributed by atoms with Gasteiger partial charge in [-0.15, -0.1) is 12.4 Å². The van der Waals surface area contributed by atoms with Crippen molar-refractivity contribution in [1.29, 1.82) is 0 Å². The summed E-state index contributed by atoms with van der Waals surface area (Å²) in [4.78, 5) is 89.1. The average molecular weight is 934 g/mol. The van der Waals surface area contributed by atoms with E-state index in [1.807, 2.05) is 12.1 Å². The number of benzene rings is 4. The highest BCUT2D eigenvalue weighted by Crippen LogP contribution is 2.36. The van der Waals surface area contributed by atoms with Crippen molar-refractivity contribution in [2.24, 2.45) is 0 Å². The Kier molecular flexibility index (Phi) is 16.1. The summed E-state index contributed by atoms with van der Waals surface area (Å²) >= 11 is 0. The van der Waals surface area contributed by atoms with Crippen molar-refractivity contribution in [3.05, 3.63) is 142 Å². The second kappa shape index (κ2) is 22.1. The number of piperidine rings is 4. The van der Waals surface area contributed by atoms with E-state index < -0.39 is 24.5 Å². The summed E-state index contributed by atoms with van der Waals surface area (Å²) in [7, 11) is 0. The molecule has 10 rings (SSSR count). The fraction of sp³-hybridized carbons (Fsp3) is 0.404. The molecule has 6 amide bonds. The van der Waals surface area contributed by atoms with E-state index in [1.54, 1.807) is 40.1 Å². The maximum Gasteiger partial charge on any atom is 0.255 e. The van der Waals surface area contributed by atoms with Crippen LogP contribution in [0.15, 0.2) is 97.1 Å². The molecule has 4 aromatic carbocycles. The van der Waals surface area contributed by atoms with Crippen LogP contribution in [0.25, 0.3) is 0 Å². The smallest absolute Gasteiger partial charge is 0.255 e. The van der Waals surface area contributed by atoms with Crippen molar-refractivity contribution in [2.45, 2.75) is 101 Å². The summed E-state index contributed by atoms with van der Waals surface area (Å²) in [6.45, 7) is 6.44. The molecule has 4 aromatic rings. The van der Waals surface area contributed by atoms with Gasteiger partial charge in [-0.3, -0.25) is 49.1 Å². The SMILES string of the molecule is CC(c1ccccc1)N1CCC(c2ccc3c(c2)CN(C2CCC(=O)NC2=O)C3=O)CC1.Cl.O=C(CF)c1ccccc1.O=C1CCC(N2Cc3cc(C4CCNCC4)ccc3C2=O)C(=O)N1. The molecule has 15 heteroatoms. The molecule has 3 N–H and O–H groups in total. The molecule has 352 valence electrons. The van der Waals surface area contributed by atoms with Gasteiger partial charge in [-0.25, -0.2) is 4.39 Å². The number of nitrogens with one attached hydrogen (secondary N) is 3. The topological polar surface area (TPSA) is 165 Å². The molecule has 6 aliphatic rings. The molecule has 6 aliphatic heterocycles. The van der Waals surface area contributed by atoms with Crippen LogP contribution in [0.3, 0.4) is 0 Å². The number of rotatable bonds is 8. The van der Waals surface area contributed by atoms with Crippen LogP contribution in [0.5, 0.6) is 0 Å². The number of alkyl halides is 1. The number of hydrogen-bond donors (Lipinski definition) is 3. The lowest BCUT2D eigenvalue weighted by atomic mass is 9.87. The van der Waals surface area contributed by atoms with E-state index in [0.717, 1.165) is 63.0 Å². The maximum atomic E-state index is 12.9. The van der Waals surface area contributed by atoms with Crippen LogP contribution in [0.1, 0.15) is 135 Å². The molecule has 0 aliphatic carbocycles. The van der Waals surface area contributed by atoms with Gasteiger partial charge in [0.05, 0.1) is 0 Å². The second-order valence-electron chi connectivity index (χ2n) is 18.0. The first-order valence-electron chi connectivity index (χ1n) is 23.2. The third-order valence-electron chi connectivity index (χ3n) is 14.0. The zero-order chi connectivity index (χ0) is 46.3. The van der Waals surface area contributed by atoms with Crippen molar-refractivity contribution >= 4 is 53.6 Å². The highest BCUT2D eigenvalue weighted by molar-refractivity contribution is 6.06. The van der Waals surface area contributed by atoms with Gasteiger partial charge in [0.25, 0.3) is 11.8 Å². The van der Waals surface area contributed by atoms with Crippen LogP contribution in [0.4, 0.5) is 4.39 Å². The van der Waals surface area contributed by atoms with Gasteiger partial charge in [0.15, 0.2) is 12.5 Å². The normalized spacial score (nSPS) is 21.4. The number of Topliss-reactive ketones (excluding diaryl/α,β-unsaturated/α-hetero) is 1. The summed E-state index contributed by atoms with van der Waals surface area (Å²) in [5.41, 5.74) is 7.74. The predicted octanol–water partition coefficient (Wildman–Crippen LogP) is 6.56. The summed E-state index contributed by atoms with van der Waals surface area (Å²) in [6.07, 6.45) is 5.80. The number of imide groups is 2. The molecular formula is C52H58ClFN6O7. The highest BCUT2D eigenvalue weighted by atomic mass is 35.5. The number of likely N-dealkylation sites (tertiary alicyclic amines) is 1. The van der Waals surface area contributed by atoms with Crippen molar-refractivity contribution in [2.75, 3.05) is 32.9 Å². The van der Waals surface area contributed by atoms with Crippen LogP contribution in [-0.2, 0) is 32.3 Å². The molecule has 0 radical (unpaired) electrons. The first-order valence-corrected chi connectivity index (χ1v) is 23.2. The van der Waals surface area contributed by atoms with E-state index in [4.69, 9.17) is 0 Å². The first-order chi connectivity index (χ1) is 32.0. The summed E-state index contributed by atoms with van der Waals surface area (Å²) in [5, 5.41) is 8.07. The fourth-order valence-electron chi connectivity index (χ4n) is 10.1. The van der Waals surface area contributed by atoms with Gasteiger partial charge in [0.2, 0.25) is 23.6 Å². The predicted molar refractivity (Wildman–Crippen MR) is 252 cm³/mol. The molecule has 0 aromatic heterocycles. The molecule has 13 nitrogen and oxygen atoms in total. The molecule has 67 heavy (non-hydrogen) atoms. The zero-order valence-electron chi connectivity index (χ0n) is 37.7. The number of nitrogens with zero attached hydrogens (tertiary/aromatic N) is 3. The number of fused-ring (bicyclic) bond motifs is 2. The van der Waals surface area contributed by atoms with Gasteiger partial charge in [-0.05, 0) is 123 Å². The maximum absolute atomic E-state index is 12.9. The number of hydrogen-bond acceptors (Lipinski definition) is 9. The van der Waals surface area contributed by atoms with E-state index in [1.165, 1.54) is 16.7 Å². The number of ketones is 1. The average Bonchev–Trinajstić information content (AvgIpc) is 3.86. The number of amides is 6. The van der Waals surface area contributed by atoms with Gasteiger partial charge in [-0.2, -0.15) is 0 Å². The molecule has 4 saturated heterocycles. The quantitative estimate of drug-likeness (QED) is 0.131. The van der Waals surface area contributed by atoms with E-state index in [9.17, 15) is 38.0 Å². The third-order valence-corrected chi connectivity index (χ3v) is 14.0. The highest BCUT2D eigenvalue weighted by Gasteiger charge is 2.41. The van der Waals surface area contributed by atoms with Crippen molar-refractivity contribution in [3.8, 4) is 0 Å². The molecule has 4 fully saturated rings. The van der Waals surface area contributed by atoms with E-state index in [-0.39, 0.29) is 60.7 Å². The third kappa shape index (κ3) is 11.2. The largest absolute Gasteiger partial charge is 0.322 e. The molecule has 0 bridgehead atoms. The van der Waals surface area contributed by atoms with Crippen molar-refractivity contribution in [1.82, 2.24) is 30.7 Å². The minimum absolute atomic E-state index is 0. The molecule has 0 saturated carbocycles. The minimum atomic E-state index is -0.913. The van der Waals surface area contributed by atoms with Crippen LogP contribution >= 0.6 is 12.4 Å². The van der Waals surface area contributed by atoms with Crippen LogP contribution in [0.2, 0.25) is 0 Å². The van der Waals surface area contributed by atoms with E-state index in [0.29, 0.717) is 60.5 Å². The molecule has 0 spiro atoms. The van der Waals surface area contributed by atoms with Crippen LogP contribution in [0, 0.1) is 0 Å². The summed E-state index contributed by atoms with van der Waals surface area (Å²) in [5.74, 6) is -0.868. The Morgan fingerprint density at radius 2 is 1.09 bits per heavy atom. The van der Waals surface area contributed by atoms with Gasteiger partial charge in [0.1, 0.15) is 12.1 Å². The summed E-state index contributed by atoms with van der Waals surface area (Å²) < 4.78 is 11.7. The Morgan fingerprint density at radius 3 is 1.55 bits per heavy atom. The first kappa shape index (κ1) is 48.8. The van der Waals surface area contributed by atoms with Gasteiger partial charge >= 0.3 is 0 Å². The summed E-state index contributed by atoms with van der Waals surface area (Å²) in [6, 6.07) is 30.7. The van der Waals surface area contributed by atoms with Gasteiger partial charge in [0, 0.05) is 48.7 Å². The lowest BCUT2D eigenvalue weighted by Gasteiger charge is -2.36. The fourth-order valence-corrected chi connectivity index (χ4v) is 10.1. The Labute approximate surface area is 396 Å². The van der Waals surface area contributed by atoms with Crippen molar-refractivity contribution < 1.29 is 38.0 Å². The monoisotopic (exact) mass is 932 g/mol. The Morgan fingerprint density at radius 1 is 0.627 bits per heavy atom. The van der Waals surface area contributed by atoms with E-state index in [2.05, 4.69) is 82.4 Å². The molecule has 6 heterocycles. The Bertz CT molecular complexity index is 2480. The van der Waals surface area contributed by atoms with Gasteiger partial charge < -0.3 is 15.1 Å². The minimum Gasteiger partial charge on any atom is -0.322 e. The molecular weight excluding hydrogens is 875 g/mol. The number of carbonyl (C=O) groups is 7. The van der Waals surface area contributed by atoms with Crippen molar-refractivity contribution in [3.63, 3.8) is 0 Å². The van der Waals surface area contributed by atoms with Crippen LogP contribution in [-0.4, -0.2) is 101 Å². The van der Waals surface area contributed by atoms with Crippen LogP contribution < -0.4 is 16.0 Å². The number of halogens is 2. The molecule has 3 atom stereocenters. The zero-order valence-corrected chi connectivity index (χ0v) is 38.5.